The summed E-state index contributed by atoms with van der Waals surface area (Å²) in [6.45, 7) is 1.85. The van der Waals surface area contributed by atoms with Gasteiger partial charge in [0.25, 0.3) is 12.0 Å². The van der Waals surface area contributed by atoms with Crippen LogP contribution < -0.4 is 16.6 Å². The van der Waals surface area contributed by atoms with Crippen molar-refractivity contribution >= 4 is 36.0 Å². The summed E-state index contributed by atoms with van der Waals surface area (Å²) in [4.78, 5) is 57.7. The number of hydrogen-bond donors (Lipinski definition) is 6. The van der Waals surface area contributed by atoms with E-state index in [1.165, 1.54) is 4.57 Å². The first-order chi connectivity index (χ1) is 18.0. The predicted molar refractivity (Wildman–Crippen MR) is 137 cm³/mol. The zero-order valence-electron chi connectivity index (χ0n) is 20.6. The number of aromatic nitrogens is 4. The van der Waals surface area contributed by atoms with E-state index < -0.39 is 61.4 Å². The van der Waals surface area contributed by atoms with Crippen molar-refractivity contribution < 1.29 is 34.8 Å². The van der Waals surface area contributed by atoms with E-state index in [1.807, 2.05) is 13.8 Å². The molecule has 0 bridgehead atoms. The number of aliphatic hydroxyl groups is 4. The Morgan fingerprint density at radius 3 is 2.45 bits per heavy atom. The van der Waals surface area contributed by atoms with E-state index in [0.717, 1.165) is 11.1 Å². The van der Waals surface area contributed by atoms with Crippen LogP contribution in [0.4, 0.5) is 0 Å². The van der Waals surface area contributed by atoms with Gasteiger partial charge in [0.15, 0.2) is 17.7 Å². The molecule has 0 saturated carbocycles. The molecule has 0 saturated heterocycles. The van der Waals surface area contributed by atoms with E-state index >= 15 is 0 Å². The van der Waals surface area contributed by atoms with Crippen molar-refractivity contribution in [2.45, 2.75) is 57.9 Å². The van der Waals surface area contributed by atoms with Gasteiger partial charge in [-0.2, -0.15) is 17.6 Å². The molecule has 1 unspecified atom stereocenters. The van der Waals surface area contributed by atoms with Crippen LogP contribution in [0.15, 0.2) is 21.7 Å². The van der Waals surface area contributed by atoms with Gasteiger partial charge >= 0.3 is 5.69 Å². The third-order valence-corrected chi connectivity index (χ3v) is 6.30. The smallest absolute Gasteiger partial charge is 0.353 e. The average molecular weight is 552 g/mol. The van der Waals surface area contributed by atoms with Gasteiger partial charge in [-0.1, -0.05) is 0 Å². The number of rotatable bonds is 12. The molecule has 1 aromatic rings. The van der Waals surface area contributed by atoms with E-state index in [-0.39, 0.29) is 30.2 Å². The highest BCUT2D eigenvalue weighted by Crippen LogP contribution is 2.24. The van der Waals surface area contributed by atoms with Crippen LogP contribution in [0.2, 0.25) is 0 Å². The molecule has 5 N–H and O–H groups in total. The number of thiol groups is 1. The maximum absolute atomic E-state index is 13.3. The highest BCUT2D eigenvalue weighted by molar-refractivity contribution is 7.80. The monoisotopic (exact) mass is 551 g/mol. The molecular formula is C23H29N5O9S. The molecular weight excluding hydrogens is 522 g/mol. The van der Waals surface area contributed by atoms with Crippen LogP contribution in [0.3, 0.4) is 0 Å². The lowest BCUT2D eigenvalue weighted by molar-refractivity contribution is -0.138. The van der Waals surface area contributed by atoms with Crippen LogP contribution in [-0.2, 0) is 27.4 Å². The topological polar surface area (TPSA) is 206 Å². The van der Waals surface area contributed by atoms with Crippen molar-refractivity contribution in [1.29, 1.82) is 0 Å². The van der Waals surface area contributed by atoms with Gasteiger partial charge in [-0.05, 0) is 42.9 Å². The second-order valence-electron chi connectivity index (χ2n) is 8.71. The molecule has 14 nitrogen and oxygen atoms in total. The zero-order chi connectivity index (χ0) is 28.1. The molecule has 206 valence electrons. The van der Waals surface area contributed by atoms with Crippen molar-refractivity contribution in [2.75, 3.05) is 12.4 Å². The minimum Gasteiger partial charge on any atom is -0.444 e. The fraction of sp³-hybridized carbons (Fsp3) is 0.478. The van der Waals surface area contributed by atoms with Crippen LogP contribution >= 0.6 is 12.6 Å². The zero-order valence-corrected chi connectivity index (χ0v) is 21.5. The number of nitrogens with one attached hydrogen (secondary N) is 1. The molecule has 38 heavy (non-hydrogen) atoms. The Kier molecular flexibility index (Phi) is 9.56. The van der Waals surface area contributed by atoms with E-state index in [9.17, 15) is 34.5 Å². The van der Waals surface area contributed by atoms with Gasteiger partial charge in [-0.15, -0.1) is 0 Å². The number of carbonyl (C=O) groups excluding carboxylic acids is 2. The molecule has 1 aromatic carbocycles. The average Bonchev–Trinajstić information content (AvgIpc) is 2.87. The van der Waals surface area contributed by atoms with Crippen LogP contribution in [0.1, 0.15) is 17.5 Å². The number of aliphatic hydroxyl groups excluding tert-OH is 4. The Bertz CT molecular complexity index is 1410. The van der Waals surface area contributed by atoms with E-state index in [4.69, 9.17) is 9.84 Å². The predicted octanol–water partition coefficient (Wildman–Crippen LogP) is -2.31. The first-order valence-corrected chi connectivity index (χ1v) is 12.2. The Morgan fingerprint density at radius 2 is 1.82 bits per heavy atom. The lowest BCUT2D eigenvalue weighted by Crippen LogP contribution is -2.46. The standard InChI is InChI=1S/C23H29N5O9S/c1-11-5-13-14(6-12(11)2)27(7-15(31)20(34)16(32)9-29)21-19(24-13)22(35)28(23(36)26-21)8-17(33)25-18(3-4-38)37-10-30/h5-6,10,15-16,18,20,29,31-32,34,38H,3-4,7-9H2,1-2H3,(H,25,33)/t15-,16+,18?,20-/m1/s1. The number of benzene rings is 1. The second kappa shape index (κ2) is 12.4. The molecule has 0 spiro atoms. The third-order valence-electron chi connectivity index (χ3n) is 6.04. The number of carbonyl (C=O) groups is 2. The van der Waals surface area contributed by atoms with Crippen LogP contribution in [0.25, 0.3) is 22.6 Å². The summed E-state index contributed by atoms with van der Waals surface area (Å²) in [5.41, 5.74) is 0.0673. The van der Waals surface area contributed by atoms with Gasteiger partial charge in [0.2, 0.25) is 5.91 Å². The minimum absolute atomic E-state index is 0.152. The summed E-state index contributed by atoms with van der Waals surface area (Å²) in [6, 6.07) is 3.39. The third kappa shape index (κ3) is 6.19. The SMILES string of the molecule is Cc1cc2nc3c(=O)n(CC(=O)NC(CCS)OC=O)c(=O)nc-3n(C[C@@H](O)[C@@H](O)[C@@H](O)CO)c2cc1C. The summed E-state index contributed by atoms with van der Waals surface area (Å²) >= 11 is 4.02. The number of aryl methyl sites for hydroxylation is 2. The Balaban J connectivity index is 2.14. The summed E-state index contributed by atoms with van der Waals surface area (Å²) in [5, 5.41) is 42.0. The quantitative estimate of drug-likeness (QED) is 0.0610. The molecule has 3 rings (SSSR count). The number of fused-ring (bicyclic) bond motifs is 2. The molecule has 2 heterocycles. The molecule has 4 atom stereocenters. The van der Waals surface area contributed by atoms with Gasteiger partial charge in [0.1, 0.15) is 24.9 Å². The lowest BCUT2D eigenvalue weighted by atomic mass is 10.1. The van der Waals surface area contributed by atoms with Gasteiger partial charge < -0.3 is 35.0 Å². The molecule has 2 aliphatic heterocycles. The Hall–Kier alpha value is -3.37. The van der Waals surface area contributed by atoms with Crippen LogP contribution in [0, 0.1) is 13.8 Å². The van der Waals surface area contributed by atoms with E-state index in [1.54, 1.807) is 12.1 Å². The summed E-state index contributed by atoms with van der Waals surface area (Å²) in [5.74, 6) is -0.723. The summed E-state index contributed by atoms with van der Waals surface area (Å²) < 4.78 is 6.64. The molecule has 0 fully saturated rings. The van der Waals surface area contributed by atoms with Gasteiger partial charge in [0, 0.05) is 6.42 Å². The number of amides is 1. The van der Waals surface area contributed by atoms with Crippen molar-refractivity contribution in [3.05, 3.63) is 44.1 Å². The Morgan fingerprint density at radius 1 is 1.13 bits per heavy atom. The fourth-order valence-electron chi connectivity index (χ4n) is 3.84. The Labute approximate surface area is 221 Å². The molecule has 2 aliphatic rings. The minimum atomic E-state index is -1.74. The highest BCUT2D eigenvalue weighted by Gasteiger charge is 2.29. The van der Waals surface area contributed by atoms with E-state index in [0.29, 0.717) is 15.6 Å². The van der Waals surface area contributed by atoms with Crippen molar-refractivity contribution in [3.8, 4) is 11.5 Å². The highest BCUT2D eigenvalue weighted by atomic mass is 32.1. The van der Waals surface area contributed by atoms with Crippen LogP contribution in [-0.4, -0.2) is 88.8 Å². The maximum atomic E-state index is 13.3. The lowest BCUT2D eigenvalue weighted by Gasteiger charge is -2.25. The van der Waals surface area contributed by atoms with Crippen molar-refractivity contribution in [1.82, 2.24) is 24.4 Å². The van der Waals surface area contributed by atoms with Gasteiger partial charge in [-0.3, -0.25) is 14.4 Å². The number of ether oxygens (including phenoxy) is 1. The maximum Gasteiger partial charge on any atom is 0.353 e. The molecule has 15 heteroatoms. The van der Waals surface area contributed by atoms with E-state index in [2.05, 4.69) is 27.9 Å². The van der Waals surface area contributed by atoms with Crippen LogP contribution in [0.5, 0.6) is 0 Å². The summed E-state index contributed by atoms with van der Waals surface area (Å²) in [6.07, 6.45) is -5.82. The fourth-order valence-corrected chi connectivity index (χ4v) is 4.07. The summed E-state index contributed by atoms with van der Waals surface area (Å²) in [7, 11) is 0. The first-order valence-electron chi connectivity index (χ1n) is 11.6. The number of hydrogen-bond acceptors (Lipinski definition) is 12. The normalized spacial score (nSPS) is 14.7. The first kappa shape index (κ1) is 29.2. The largest absolute Gasteiger partial charge is 0.444 e. The second-order valence-corrected chi connectivity index (χ2v) is 9.16. The van der Waals surface area contributed by atoms with Crippen molar-refractivity contribution in [2.24, 2.45) is 0 Å². The molecule has 1 amide bonds. The molecule has 0 aliphatic carbocycles. The van der Waals surface area contributed by atoms with Crippen molar-refractivity contribution in [3.63, 3.8) is 0 Å². The van der Waals surface area contributed by atoms with Gasteiger partial charge in [-0.25, -0.2) is 14.3 Å². The number of nitrogens with zero attached hydrogens (tertiary/aromatic N) is 4. The molecule has 0 aromatic heterocycles. The van der Waals surface area contributed by atoms with Gasteiger partial charge in [0.05, 0.1) is 24.2 Å². The molecule has 0 radical (unpaired) electrons.